The molecule has 1 aliphatic rings. The van der Waals surface area contributed by atoms with Crippen LogP contribution in [0.5, 0.6) is 0 Å². The van der Waals surface area contributed by atoms with Crippen LogP contribution in [0.3, 0.4) is 0 Å². The average Bonchev–Trinajstić information content (AvgIpc) is 3.21. The third kappa shape index (κ3) is 2.75. The lowest BCUT2D eigenvalue weighted by molar-refractivity contribution is 0.0695. The molecule has 4 nitrogen and oxygen atoms in total. The topological polar surface area (TPSA) is 59.5 Å². The zero-order chi connectivity index (χ0) is 13.9. The predicted molar refractivity (Wildman–Crippen MR) is 75.9 cm³/mol. The van der Waals surface area contributed by atoms with Crippen LogP contribution in [0.1, 0.15) is 34.7 Å². The maximum atomic E-state index is 12.6. The van der Waals surface area contributed by atoms with Crippen molar-refractivity contribution >= 4 is 5.91 Å². The summed E-state index contributed by atoms with van der Waals surface area (Å²) in [5.74, 6) is 0.980. The second kappa shape index (κ2) is 5.51. The first-order chi connectivity index (χ1) is 9.78. The minimum absolute atomic E-state index is 0.0453. The second-order valence-electron chi connectivity index (χ2n) is 5.12. The minimum Gasteiger partial charge on any atom is -0.455 e. The van der Waals surface area contributed by atoms with Gasteiger partial charge in [0.05, 0.1) is 6.54 Å². The van der Waals surface area contributed by atoms with E-state index in [1.165, 1.54) is 0 Å². The lowest BCUT2D eigenvalue weighted by Gasteiger charge is -2.21. The first-order valence-electron chi connectivity index (χ1n) is 6.91. The molecule has 1 amide bonds. The van der Waals surface area contributed by atoms with Gasteiger partial charge in [-0.3, -0.25) is 4.79 Å². The Bertz CT molecular complexity index is 588. The van der Waals surface area contributed by atoms with Gasteiger partial charge in [-0.05, 0) is 30.5 Å². The Balaban J connectivity index is 1.78. The van der Waals surface area contributed by atoms with Crippen molar-refractivity contribution < 1.29 is 9.21 Å². The summed E-state index contributed by atoms with van der Waals surface area (Å²) in [7, 11) is 0. The summed E-state index contributed by atoms with van der Waals surface area (Å²) in [5.41, 5.74) is 6.65. The van der Waals surface area contributed by atoms with Gasteiger partial charge in [-0.2, -0.15) is 0 Å². The molecule has 104 valence electrons. The Morgan fingerprint density at radius 2 is 1.95 bits per heavy atom. The van der Waals surface area contributed by atoms with E-state index < -0.39 is 0 Å². The summed E-state index contributed by atoms with van der Waals surface area (Å²) < 4.78 is 5.47. The fraction of sp³-hybridized carbons (Fsp3) is 0.312. The molecule has 3 rings (SSSR count). The van der Waals surface area contributed by atoms with Crippen LogP contribution in [-0.4, -0.2) is 16.8 Å². The molecule has 2 aromatic rings. The van der Waals surface area contributed by atoms with E-state index >= 15 is 0 Å². The quantitative estimate of drug-likeness (QED) is 0.908. The van der Waals surface area contributed by atoms with Crippen LogP contribution in [0.25, 0.3) is 0 Å². The summed E-state index contributed by atoms with van der Waals surface area (Å²) >= 11 is 0. The van der Waals surface area contributed by atoms with Crippen LogP contribution in [0, 0.1) is 0 Å². The van der Waals surface area contributed by atoms with Crippen LogP contribution < -0.4 is 5.73 Å². The van der Waals surface area contributed by atoms with E-state index in [0.717, 1.165) is 18.4 Å². The highest BCUT2D eigenvalue weighted by molar-refractivity contribution is 5.92. The second-order valence-corrected chi connectivity index (χ2v) is 5.12. The Hall–Kier alpha value is -2.07. The highest BCUT2D eigenvalue weighted by Gasteiger charge is 2.34. The molecule has 0 unspecified atom stereocenters. The molecule has 0 radical (unpaired) electrons. The van der Waals surface area contributed by atoms with E-state index in [9.17, 15) is 4.79 Å². The van der Waals surface area contributed by atoms with E-state index in [1.54, 1.807) is 12.1 Å². The lowest BCUT2D eigenvalue weighted by Crippen LogP contribution is -2.32. The highest BCUT2D eigenvalue weighted by Crippen LogP contribution is 2.30. The SMILES string of the molecule is NCc1ccc(C(=O)N(Cc2ccccc2)C2CC2)o1. The molecular formula is C16H18N2O2. The minimum atomic E-state index is -0.0453. The largest absolute Gasteiger partial charge is 0.455 e. The van der Waals surface area contributed by atoms with E-state index in [1.807, 2.05) is 35.2 Å². The van der Waals surface area contributed by atoms with E-state index in [0.29, 0.717) is 30.7 Å². The Morgan fingerprint density at radius 1 is 1.20 bits per heavy atom. The van der Waals surface area contributed by atoms with Gasteiger partial charge in [-0.15, -0.1) is 0 Å². The number of nitrogens with zero attached hydrogens (tertiary/aromatic N) is 1. The van der Waals surface area contributed by atoms with Gasteiger partial charge in [0.25, 0.3) is 5.91 Å². The summed E-state index contributed by atoms with van der Waals surface area (Å²) in [5, 5.41) is 0. The molecule has 0 atom stereocenters. The molecule has 2 N–H and O–H groups in total. The van der Waals surface area contributed by atoms with Crippen molar-refractivity contribution in [2.75, 3.05) is 0 Å². The lowest BCUT2D eigenvalue weighted by atomic mass is 10.2. The third-order valence-electron chi connectivity index (χ3n) is 3.52. The molecule has 0 aliphatic heterocycles. The van der Waals surface area contributed by atoms with Gasteiger partial charge in [0.15, 0.2) is 5.76 Å². The Morgan fingerprint density at radius 3 is 2.55 bits per heavy atom. The standard InChI is InChI=1S/C16H18N2O2/c17-10-14-8-9-15(20-14)16(19)18(13-6-7-13)11-12-4-2-1-3-5-12/h1-5,8-9,13H,6-7,10-11,17H2. The first-order valence-corrected chi connectivity index (χ1v) is 6.91. The zero-order valence-electron chi connectivity index (χ0n) is 11.3. The van der Waals surface area contributed by atoms with Crippen LogP contribution >= 0.6 is 0 Å². The van der Waals surface area contributed by atoms with Gasteiger partial charge >= 0.3 is 0 Å². The molecule has 1 fully saturated rings. The number of nitrogens with two attached hydrogens (primary N) is 1. The monoisotopic (exact) mass is 270 g/mol. The maximum absolute atomic E-state index is 12.6. The predicted octanol–water partition coefficient (Wildman–Crippen LogP) is 2.54. The number of rotatable bonds is 5. The molecule has 1 saturated carbocycles. The smallest absolute Gasteiger partial charge is 0.290 e. The molecule has 1 aliphatic carbocycles. The van der Waals surface area contributed by atoms with Gasteiger partial charge in [-0.25, -0.2) is 0 Å². The van der Waals surface area contributed by atoms with Crippen molar-refractivity contribution in [2.24, 2.45) is 5.73 Å². The van der Waals surface area contributed by atoms with Crippen LogP contribution in [-0.2, 0) is 13.1 Å². The van der Waals surface area contributed by atoms with Gasteiger partial charge in [0.1, 0.15) is 5.76 Å². The summed E-state index contributed by atoms with van der Waals surface area (Å²) in [4.78, 5) is 14.4. The molecule has 1 heterocycles. The fourth-order valence-electron chi connectivity index (χ4n) is 2.28. The number of carbonyl (C=O) groups is 1. The number of benzene rings is 1. The van der Waals surface area contributed by atoms with Gasteiger partial charge in [0.2, 0.25) is 0 Å². The molecule has 4 heteroatoms. The third-order valence-corrected chi connectivity index (χ3v) is 3.52. The van der Waals surface area contributed by atoms with Gasteiger partial charge in [-0.1, -0.05) is 30.3 Å². The first kappa shape index (κ1) is 12.9. The number of hydrogen-bond acceptors (Lipinski definition) is 3. The van der Waals surface area contributed by atoms with Gasteiger partial charge in [0, 0.05) is 12.6 Å². The molecule has 20 heavy (non-hydrogen) atoms. The average molecular weight is 270 g/mol. The molecule has 0 saturated heterocycles. The van der Waals surface area contributed by atoms with Crippen molar-refractivity contribution in [2.45, 2.75) is 32.0 Å². The molecule has 1 aromatic heterocycles. The fourth-order valence-corrected chi connectivity index (χ4v) is 2.28. The summed E-state index contributed by atoms with van der Waals surface area (Å²) in [6.45, 7) is 0.943. The normalized spacial score (nSPS) is 14.2. The zero-order valence-corrected chi connectivity index (χ0v) is 11.3. The Kier molecular flexibility index (Phi) is 3.56. The van der Waals surface area contributed by atoms with Crippen molar-refractivity contribution in [1.29, 1.82) is 0 Å². The Labute approximate surface area is 118 Å². The summed E-state index contributed by atoms with van der Waals surface area (Å²) in [6, 6.07) is 13.9. The van der Waals surface area contributed by atoms with Crippen LogP contribution in [0.2, 0.25) is 0 Å². The van der Waals surface area contributed by atoms with Crippen molar-refractivity contribution in [3.05, 3.63) is 59.5 Å². The number of amides is 1. The van der Waals surface area contributed by atoms with Crippen molar-refractivity contribution in [3.63, 3.8) is 0 Å². The van der Waals surface area contributed by atoms with Crippen LogP contribution in [0.4, 0.5) is 0 Å². The van der Waals surface area contributed by atoms with Crippen molar-refractivity contribution in [3.8, 4) is 0 Å². The van der Waals surface area contributed by atoms with E-state index in [-0.39, 0.29) is 5.91 Å². The molecule has 0 spiro atoms. The van der Waals surface area contributed by atoms with E-state index in [2.05, 4.69) is 0 Å². The highest BCUT2D eigenvalue weighted by atomic mass is 16.4. The molecule has 1 aromatic carbocycles. The number of hydrogen-bond donors (Lipinski definition) is 1. The maximum Gasteiger partial charge on any atom is 0.290 e. The van der Waals surface area contributed by atoms with Crippen LogP contribution in [0.15, 0.2) is 46.9 Å². The number of furan rings is 1. The van der Waals surface area contributed by atoms with Crippen molar-refractivity contribution in [1.82, 2.24) is 4.90 Å². The summed E-state index contributed by atoms with van der Waals surface area (Å²) in [6.07, 6.45) is 2.14. The van der Waals surface area contributed by atoms with Gasteiger partial charge < -0.3 is 15.1 Å². The number of carbonyl (C=O) groups excluding carboxylic acids is 1. The molecule has 0 bridgehead atoms. The van der Waals surface area contributed by atoms with E-state index in [4.69, 9.17) is 10.2 Å². The molecular weight excluding hydrogens is 252 g/mol.